The van der Waals surface area contributed by atoms with Gasteiger partial charge in [-0.05, 0) is 67.7 Å². The van der Waals surface area contributed by atoms with Crippen molar-refractivity contribution in [2.45, 2.75) is 37.8 Å². The predicted molar refractivity (Wildman–Crippen MR) is 109 cm³/mol. The molecule has 0 radical (unpaired) electrons. The van der Waals surface area contributed by atoms with E-state index in [9.17, 15) is 4.79 Å². The molecule has 0 unspecified atom stereocenters. The molecule has 5 atom stereocenters. The monoisotopic (exact) mass is 388 g/mol. The molecule has 5 aliphatic rings. The van der Waals surface area contributed by atoms with E-state index in [2.05, 4.69) is 16.3 Å². The third-order valence-corrected chi connectivity index (χ3v) is 8.22. The second kappa shape index (κ2) is 5.47. The van der Waals surface area contributed by atoms with Crippen LogP contribution in [0.1, 0.15) is 42.5 Å². The van der Waals surface area contributed by atoms with Gasteiger partial charge in [-0.1, -0.05) is 18.6 Å². The fourth-order valence-electron chi connectivity index (χ4n) is 7.26. The first-order valence-corrected chi connectivity index (χ1v) is 10.9. The number of fused-ring (bicyclic) bond motifs is 8. The second-order valence-electron chi connectivity index (χ2n) is 9.34. The average Bonchev–Trinajstić information content (AvgIpc) is 3.49. The molecule has 5 heteroatoms. The molecule has 148 valence electrons. The van der Waals surface area contributed by atoms with Gasteiger partial charge >= 0.3 is 0 Å². The van der Waals surface area contributed by atoms with E-state index in [1.54, 1.807) is 0 Å². The van der Waals surface area contributed by atoms with Crippen molar-refractivity contribution in [3.05, 3.63) is 48.0 Å². The largest absolute Gasteiger partial charge is 0.454 e. The van der Waals surface area contributed by atoms with E-state index >= 15 is 0 Å². The number of para-hydroxylation sites is 1. The lowest BCUT2D eigenvalue weighted by Gasteiger charge is -2.53. The Morgan fingerprint density at radius 1 is 1.03 bits per heavy atom. The summed E-state index contributed by atoms with van der Waals surface area (Å²) >= 11 is 0. The molecule has 5 nitrogen and oxygen atoms in total. The van der Waals surface area contributed by atoms with E-state index in [4.69, 9.17) is 9.47 Å². The van der Waals surface area contributed by atoms with Crippen LogP contribution in [0.3, 0.4) is 0 Å². The molecule has 2 aromatic carbocycles. The summed E-state index contributed by atoms with van der Waals surface area (Å²) in [6, 6.07) is 13.9. The SMILES string of the molecule is O=C1c2ccccc2N[C@]2(C[C@H]3C[C@@H]2[C@H]2CCC[C@H]32)N1c1ccc2c(c1)OCO2. The molecule has 2 aromatic rings. The highest BCUT2D eigenvalue weighted by Crippen LogP contribution is 2.65. The maximum atomic E-state index is 13.9. The lowest BCUT2D eigenvalue weighted by Crippen LogP contribution is -2.65. The molecule has 3 aliphatic carbocycles. The minimum atomic E-state index is -0.338. The lowest BCUT2D eigenvalue weighted by molar-refractivity contribution is 0.0887. The van der Waals surface area contributed by atoms with E-state index in [0.717, 1.165) is 52.6 Å². The standard InChI is InChI=1S/C24H24N2O3/c27-23-18-4-1-2-7-20(18)25-24(12-14-10-19(24)17-6-3-5-16(14)17)26(23)15-8-9-21-22(11-15)29-13-28-21/h1-2,4,7-9,11,14,16-17,19,25H,3,5-6,10,12-13H2/t14-,16-,17+,19-,24-/m1/s1. The van der Waals surface area contributed by atoms with Crippen molar-refractivity contribution < 1.29 is 14.3 Å². The Bertz CT molecular complexity index is 1040. The Kier molecular flexibility index (Phi) is 3.04. The number of benzene rings is 2. The Hall–Kier alpha value is -2.69. The van der Waals surface area contributed by atoms with Crippen LogP contribution in [0.2, 0.25) is 0 Å². The average molecular weight is 388 g/mol. The van der Waals surface area contributed by atoms with Gasteiger partial charge in [0, 0.05) is 17.7 Å². The van der Waals surface area contributed by atoms with Crippen LogP contribution in [0.25, 0.3) is 0 Å². The van der Waals surface area contributed by atoms with Crippen molar-refractivity contribution in [1.82, 2.24) is 0 Å². The van der Waals surface area contributed by atoms with Crippen LogP contribution in [0.15, 0.2) is 42.5 Å². The van der Waals surface area contributed by atoms with Crippen molar-refractivity contribution in [3.8, 4) is 11.5 Å². The number of hydrogen-bond donors (Lipinski definition) is 1. The molecule has 3 saturated carbocycles. The highest BCUT2D eigenvalue weighted by atomic mass is 16.7. The van der Waals surface area contributed by atoms with Crippen molar-refractivity contribution in [2.24, 2.45) is 23.7 Å². The first-order valence-electron chi connectivity index (χ1n) is 10.9. The number of rotatable bonds is 1. The lowest BCUT2D eigenvalue weighted by atomic mass is 9.73. The summed E-state index contributed by atoms with van der Waals surface area (Å²) in [5.41, 5.74) is 2.30. The van der Waals surface area contributed by atoms with Crippen LogP contribution in [-0.4, -0.2) is 18.4 Å². The van der Waals surface area contributed by atoms with Crippen molar-refractivity contribution in [2.75, 3.05) is 17.0 Å². The van der Waals surface area contributed by atoms with Gasteiger partial charge in [0.15, 0.2) is 11.5 Å². The predicted octanol–water partition coefficient (Wildman–Crippen LogP) is 4.64. The molecular formula is C24H24N2O3. The number of carbonyl (C=O) groups excluding carboxylic acids is 1. The van der Waals surface area contributed by atoms with Gasteiger partial charge in [-0.2, -0.15) is 0 Å². The summed E-state index contributed by atoms with van der Waals surface area (Å²) in [6.07, 6.45) is 6.29. The van der Waals surface area contributed by atoms with Crippen LogP contribution >= 0.6 is 0 Å². The highest BCUT2D eigenvalue weighted by molar-refractivity contribution is 6.13. The van der Waals surface area contributed by atoms with Gasteiger partial charge < -0.3 is 14.8 Å². The number of anilines is 2. The Balaban J connectivity index is 1.41. The van der Waals surface area contributed by atoms with E-state index in [-0.39, 0.29) is 18.4 Å². The van der Waals surface area contributed by atoms with E-state index in [0.29, 0.717) is 5.92 Å². The molecule has 1 N–H and O–H groups in total. The molecule has 7 rings (SSSR count). The van der Waals surface area contributed by atoms with E-state index in [1.807, 2.05) is 36.4 Å². The molecule has 3 fully saturated rings. The molecule has 1 spiro atoms. The summed E-state index contributed by atoms with van der Waals surface area (Å²) in [5, 5.41) is 3.90. The van der Waals surface area contributed by atoms with Crippen molar-refractivity contribution in [1.29, 1.82) is 0 Å². The fourth-order valence-corrected chi connectivity index (χ4v) is 7.26. The van der Waals surface area contributed by atoms with E-state index in [1.165, 1.54) is 25.7 Å². The van der Waals surface area contributed by atoms with Crippen LogP contribution in [0, 0.1) is 23.7 Å². The van der Waals surface area contributed by atoms with Crippen LogP contribution in [0.5, 0.6) is 11.5 Å². The third-order valence-electron chi connectivity index (χ3n) is 8.22. The van der Waals surface area contributed by atoms with Gasteiger partial charge in [0.1, 0.15) is 5.66 Å². The zero-order valence-corrected chi connectivity index (χ0v) is 16.3. The van der Waals surface area contributed by atoms with Gasteiger partial charge in [-0.15, -0.1) is 0 Å². The van der Waals surface area contributed by atoms with E-state index < -0.39 is 0 Å². The maximum absolute atomic E-state index is 13.9. The number of nitrogens with zero attached hydrogens (tertiary/aromatic N) is 1. The second-order valence-corrected chi connectivity index (χ2v) is 9.34. The zero-order chi connectivity index (χ0) is 19.2. The minimum absolute atomic E-state index is 0.0975. The number of hydrogen-bond acceptors (Lipinski definition) is 4. The molecule has 2 aliphatic heterocycles. The zero-order valence-electron chi connectivity index (χ0n) is 16.3. The summed E-state index contributed by atoms with van der Waals surface area (Å²) in [4.78, 5) is 15.9. The molecule has 29 heavy (non-hydrogen) atoms. The Morgan fingerprint density at radius 2 is 1.90 bits per heavy atom. The first kappa shape index (κ1) is 16.1. The molecular weight excluding hydrogens is 364 g/mol. The first-order chi connectivity index (χ1) is 14.2. The minimum Gasteiger partial charge on any atom is -0.454 e. The van der Waals surface area contributed by atoms with Crippen LogP contribution < -0.4 is 19.7 Å². The van der Waals surface area contributed by atoms with Gasteiger partial charge in [0.2, 0.25) is 6.79 Å². The number of amides is 1. The van der Waals surface area contributed by atoms with Crippen LogP contribution in [-0.2, 0) is 0 Å². The molecule has 0 aromatic heterocycles. The summed E-state index contributed by atoms with van der Waals surface area (Å²) < 4.78 is 11.1. The highest BCUT2D eigenvalue weighted by Gasteiger charge is 2.65. The summed E-state index contributed by atoms with van der Waals surface area (Å²) in [5.74, 6) is 4.39. The van der Waals surface area contributed by atoms with Crippen LogP contribution in [0.4, 0.5) is 11.4 Å². The van der Waals surface area contributed by atoms with Gasteiger partial charge in [-0.3, -0.25) is 9.69 Å². The number of ether oxygens (including phenoxy) is 2. The Morgan fingerprint density at radius 3 is 2.86 bits per heavy atom. The van der Waals surface area contributed by atoms with Crippen molar-refractivity contribution in [3.63, 3.8) is 0 Å². The van der Waals surface area contributed by atoms with Crippen molar-refractivity contribution >= 4 is 17.3 Å². The fraction of sp³-hybridized carbons (Fsp3) is 0.458. The summed E-state index contributed by atoms with van der Waals surface area (Å²) in [7, 11) is 0. The maximum Gasteiger partial charge on any atom is 0.262 e. The Labute approximate surface area is 170 Å². The number of carbonyl (C=O) groups is 1. The quantitative estimate of drug-likeness (QED) is 0.773. The smallest absolute Gasteiger partial charge is 0.262 e. The van der Waals surface area contributed by atoms with Gasteiger partial charge in [0.25, 0.3) is 5.91 Å². The molecule has 2 bridgehead atoms. The topological polar surface area (TPSA) is 50.8 Å². The molecule has 1 amide bonds. The normalized spacial score (nSPS) is 35.7. The summed E-state index contributed by atoms with van der Waals surface area (Å²) in [6.45, 7) is 0.243. The molecule has 2 heterocycles. The van der Waals surface area contributed by atoms with Gasteiger partial charge in [-0.25, -0.2) is 0 Å². The van der Waals surface area contributed by atoms with Gasteiger partial charge in [0.05, 0.1) is 11.3 Å². The third kappa shape index (κ3) is 1.98. The molecule has 0 saturated heterocycles. The number of nitrogens with one attached hydrogen (secondary N) is 1.